The molecule has 7 heteroatoms. The topological polar surface area (TPSA) is 79.6 Å². The van der Waals surface area contributed by atoms with Crippen LogP contribution in [0.15, 0.2) is 59.0 Å². The van der Waals surface area contributed by atoms with Crippen LogP contribution in [0.4, 0.5) is 0 Å². The first-order valence-electron chi connectivity index (χ1n) is 9.15. The number of hydrogen-bond acceptors (Lipinski definition) is 4. The Hall–Kier alpha value is -2.64. The van der Waals surface area contributed by atoms with E-state index in [1.54, 1.807) is 0 Å². The van der Waals surface area contributed by atoms with E-state index in [4.69, 9.17) is 4.42 Å². The molecule has 6 nitrogen and oxygen atoms in total. The SMILES string of the molecule is CC(NC(=O)C1Cc2ccccc2CN1S(C)(=O)=O)c1cc2ccccc2o1. The van der Waals surface area contributed by atoms with Crippen LogP contribution in [0.2, 0.25) is 0 Å². The molecule has 0 bridgehead atoms. The first kappa shape index (κ1) is 18.7. The number of carbonyl (C=O) groups is 1. The smallest absolute Gasteiger partial charge is 0.239 e. The Balaban J connectivity index is 1.58. The molecule has 1 aliphatic heterocycles. The number of para-hydroxylation sites is 1. The molecular formula is C21H22N2O4S. The highest BCUT2D eigenvalue weighted by Gasteiger charge is 2.37. The minimum absolute atomic E-state index is 0.201. The summed E-state index contributed by atoms with van der Waals surface area (Å²) in [5, 5.41) is 3.88. The van der Waals surface area contributed by atoms with Gasteiger partial charge in [0, 0.05) is 11.9 Å². The van der Waals surface area contributed by atoms with Crippen molar-refractivity contribution < 1.29 is 17.6 Å². The van der Waals surface area contributed by atoms with Gasteiger partial charge in [0.25, 0.3) is 0 Å². The Morgan fingerprint density at radius 3 is 2.54 bits per heavy atom. The van der Waals surface area contributed by atoms with Gasteiger partial charge in [0.15, 0.2) is 0 Å². The maximum Gasteiger partial charge on any atom is 0.239 e. The van der Waals surface area contributed by atoms with Gasteiger partial charge in [-0.1, -0.05) is 42.5 Å². The third-order valence-corrected chi connectivity index (χ3v) is 6.40. The number of benzene rings is 2. The summed E-state index contributed by atoms with van der Waals surface area (Å²) >= 11 is 0. The van der Waals surface area contributed by atoms with Gasteiger partial charge in [-0.3, -0.25) is 4.79 Å². The third kappa shape index (κ3) is 3.55. The standard InChI is InChI=1S/C21H22N2O4S/c1-14(20-12-16-8-5-6-10-19(16)27-20)22-21(24)18-11-15-7-3-4-9-17(15)13-23(18)28(2,25)26/h3-10,12,14,18H,11,13H2,1-2H3,(H,22,24). The fourth-order valence-electron chi connectivity index (χ4n) is 3.67. The van der Waals surface area contributed by atoms with Crippen LogP contribution in [0.5, 0.6) is 0 Å². The highest BCUT2D eigenvalue weighted by atomic mass is 32.2. The zero-order valence-corrected chi connectivity index (χ0v) is 16.6. The Kier molecular flexibility index (Phi) is 4.72. The molecule has 4 rings (SSSR count). The van der Waals surface area contributed by atoms with Gasteiger partial charge in [0.05, 0.1) is 12.3 Å². The lowest BCUT2D eigenvalue weighted by Gasteiger charge is -2.34. The molecule has 0 saturated carbocycles. The molecule has 2 atom stereocenters. The molecule has 1 N–H and O–H groups in total. The molecule has 0 fully saturated rings. The second kappa shape index (κ2) is 7.07. The lowest BCUT2D eigenvalue weighted by molar-refractivity contribution is -0.126. The first-order chi connectivity index (χ1) is 13.3. The van der Waals surface area contributed by atoms with E-state index < -0.39 is 16.1 Å². The normalized spacial score (nSPS) is 18.6. The summed E-state index contributed by atoms with van der Waals surface area (Å²) in [6, 6.07) is 16.0. The van der Waals surface area contributed by atoms with Crippen LogP contribution in [0, 0.1) is 0 Å². The lowest BCUT2D eigenvalue weighted by atomic mass is 9.95. The predicted molar refractivity (Wildman–Crippen MR) is 107 cm³/mol. The number of fused-ring (bicyclic) bond motifs is 2. The minimum Gasteiger partial charge on any atom is -0.459 e. The van der Waals surface area contributed by atoms with Gasteiger partial charge in [-0.2, -0.15) is 4.31 Å². The van der Waals surface area contributed by atoms with Crippen molar-refractivity contribution in [2.75, 3.05) is 6.26 Å². The van der Waals surface area contributed by atoms with E-state index in [0.29, 0.717) is 12.2 Å². The number of sulfonamides is 1. The molecule has 2 aromatic carbocycles. The zero-order valence-electron chi connectivity index (χ0n) is 15.8. The minimum atomic E-state index is -3.53. The molecule has 0 aliphatic carbocycles. The van der Waals surface area contributed by atoms with Crippen LogP contribution in [-0.4, -0.2) is 30.9 Å². The van der Waals surface area contributed by atoms with Gasteiger partial charge < -0.3 is 9.73 Å². The van der Waals surface area contributed by atoms with Crippen molar-refractivity contribution in [2.45, 2.75) is 32.0 Å². The van der Waals surface area contributed by atoms with Crippen molar-refractivity contribution in [3.8, 4) is 0 Å². The average molecular weight is 398 g/mol. The molecule has 1 aliphatic rings. The number of carbonyl (C=O) groups excluding carboxylic acids is 1. The largest absolute Gasteiger partial charge is 0.459 e. The zero-order chi connectivity index (χ0) is 19.9. The number of furan rings is 1. The van der Waals surface area contributed by atoms with Crippen molar-refractivity contribution in [3.63, 3.8) is 0 Å². The molecule has 0 spiro atoms. The fraction of sp³-hybridized carbons (Fsp3) is 0.286. The van der Waals surface area contributed by atoms with Gasteiger partial charge in [0.1, 0.15) is 17.4 Å². The Morgan fingerprint density at radius 2 is 1.82 bits per heavy atom. The summed E-state index contributed by atoms with van der Waals surface area (Å²) in [5.74, 6) is 0.310. The molecule has 1 amide bonds. The molecule has 28 heavy (non-hydrogen) atoms. The molecule has 1 aromatic heterocycles. The van der Waals surface area contributed by atoms with Gasteiger partial charge in [-0.25, -0.2) is 8.42 Å². The molecule has 3 aromatic rings. The molecular weight excluding hydrogens is 376 g/mol. The summed E-state index contributed by atoms with van der Waals surface area (Å²) in [6.07, 6.45) is 1.49. The number of amides is 1. The van der Waals surface area contributed by atoms with E-state index in [1.165, 1.54) is 4.31 Å². The summed E-state index contributed by atoms with van der Waals surface area (Å²) in [6.45, 7) is 2.03. The fourth-order valence-corrected chi connectivity index (χ4v) is 4.67. The maximum atomic E-state index is 13.0. The lowest BCUT2D eigenvalue weighted by Crippen LogP contribution is -2.52. The Bertz CT molecular complexity index is 1100. The average Bonchev–Trinajstić information content (AvgIpc) is 3.10. The van der Waals surface area contributed by atoms with E-state index in [1.807, 2.05) is 61.5 Å². The van der Waals surface area contributed by atoms with Crippen molar-refractivity contribution in [1.82, 2.24) is 9.62 Å². The van der Waals surface area contributed by atoms with Crippen LogP contribution < -0.4 is 5.32 Å². The van der Waals surface area contributed by atoms with Crippen LogP contribution in [-0.2, 0) is 27.8 Å². The van der Waals surface area contributed by atoms with Crippen molar-refractivity contribution in [1.29, 1.82) is 0 Å². The number of rotatable bonds is 4. The van der Waals surface area contributed by atoms with Gasteiger partial charge in [0.2, 0.25) is 15.9 Å². The number of nitrogens with one attached hydrogen (secondary N) is 1. The second-order valence-electron chi connectivity index (χ2n) is 7.21. The van der Waals surface area contributed by atoms with Crippen molar-refractivity contribution >= 4 is 26.9 Å². The summed E-state index contributed by atoms with van der Waals surface area (Å²) in [5.41, 5.74) is 2.68. The van der Waals surface area contributed by atoms with Crippen LogP contribution in [0.3, 0.4) is 0 Å². The van der Waals surface area contributed by atoms with E-state index in [-0.39, 0.29) is 18.5 Å². The molecule has 0 saturated heterocycles. The molecule has 2 heterocycles. The number of nitrogens with zero attached hydrogens (tertiary/aromatic N) is 1. The van der Waals surface area contributed by atoms with E-state index >= 15 is 0 Å². The number of hydrogen-bond donors (Lipinski definition) is 1. The summed E-state index contributed by atoms with van der Waals surface area (Å²) in [4.78, 5) is 13.0. The van der Waals surface area contributed by atoms with Gasteiger partial charge >= 0.3 is 0 Å². The third-order valence-electron chi connectivity index (χ3n) is 5.16. The van der Waals surface area contributed by atoms with E-state index in [0.717, 1.165) is 28.4 Å². The maximum absolute atomic E-state index is 13.0. The Labute approximate surface area is 164 Å². The molecule has 2 unspecified atom stereocenters. The monoisotopic (exact) mass is 398 g/mol. The second-order valence-corrected chi connectivity index (χ2v) is 9.15. The molecule has 0 radical (unpaired) electrons. The summed E-state index contributed by atoms with van der Waals surface area (Å²) < 4.78 is 31.7. The van der Waals surface area contributed by atoms with Crippen LogP contribution >= 0.6 is 0 Å². The summed E-state index contributed by atoms with van der Waals surface area (Å²) in [7, 11) is -3.53. The Morgan fingerprint density at radius 1 is 1.14 bits per heavy atom. The van der Waals surface area contributed by atoms with Gasteiger partial charge in [-0.05, 0) is 36.6 Å². The van der Waals surface area contributed by atoms with Crippen molar-refractivity contribution in [2.24, 2.45) is 0 Å². The highest BCUT2D eigenvalue weighted by molar-refractivity contribution is 7.88. The van der Waals surface area contributed by atoms with Gasteiger partial charge in [-0.15, -0.1) is 0 Å². The van der Waals surface area contributed by atoms with E-state index in [9.17, 15) is 13.2 Å². The van der Waals surface area contributed by atoms with E-state index in [2.05, 4.69) is 5.32 Å². The van der Waals surface area contributed by atoms with Crippen molar-refractivity contribution in [3.05, 3.63) is 71.5 Å². The quantitative estimate of drug-likeness (QED) is 0.733. The highest BCUT2D eigenvalue weighted by Crippen LogP contribution is 2.27. The van der Waals surface area contributed by atoms with Crippen LogP contribution in [0.25, 0.3) is 11.0 Å². The first-order valence-corrected chi connectivity index (χ1v) is 11.0. The molecule has 146 valence electrons. The van der Waals surface area contributed by atoms with Crippen LogP contribution in [0.1, 0.15) is 29.9 Å². The predicted octanol–water partition coefficient (Wildman–Crippen LogP) is 3.00.